The molecule has 2 heterocycles. The third kappa shape index (κ3) is 5.26. The SMILES string of the molecule is O=c1cc(Cc2nnc(SCC=Cc3ccccc3)n2-c2ccc(F)cc2)[nH]c(=O)[nH]1. The Labute approximate surface area is 180 Å². The van der Waals surface area contributed by atoms with E-state index in [0.29, 0.717) is 28.1 Å². The Morgan fingerprint density at radius 1 is 1.00 bits per heavy atom. The van der Waals surface area contributed by atoms with E-state index >= 15 is 0 Å². The summed E-state index contributed by atoms with van der Waals surface area (Å²) in [6.45, 7) is 0. The minimum atomic E-state index is -0.587. The number of nitrogens with one attached hydrogen (secondary N) is 2. The summed E-state index contributed by atoms with van der Waals surface area (Å²) < 4.78 is 15.2. The first-order chi connectivity index (χ1) is 15.1. The fraction of sp³-hybridized carbons (Fsp3) is 0.0909. The molecule has 0 unspecified atom stereocenters. The molecule has 0 fully saturated rings. The molecule has 0 aliphatic rings. The molecule has 31 heavy (non-hydrogen) atoms. The third-order valence-electron chi connectivity index (χ3n) is 4.37. The van der Waals surface area contributed by atoms with Crippen LogP contribution in [0, 0.1) is 5.82 Å². The second-order valence-electron chi connectivity index (χ2n) is 6.62. The van der Waals surface area contributed by atoms with Gasteiger partial charge >= 0.3 is 5.69 Å². The van der Waals surface area contributed by atoms with E-state index in [-0.39, 0.29) is 12.2 Å². The largest absolute Gasteiger partial charge is 0.325 e. The highest BCUT2D eigenvalue weighted by atomic mass is 32.2. The summed E-state index contributed by atoms with van der Waals surface area (Å²) in [4.78, 5) is 27.9. The van der Waals surface area contributed by atoms with Crippen LogP contribution >= 0.6 is 11.8 Å². The van der Waals surface area contributed by atoms with Gasteiger partial charge < -0.3 is 4.98 Å². The maximum Gasteiger partial charge on any atom is 0.325 e. The van der Waals surface area contributed by atoms with Gasteiger partial charge in [0.05, 0.1) is 0 Å². The van der Waals surface area contributed by atoms with Crippen LogP contribution in [0.2, 0.25) is 0 Å². The van der Waals surface area contributed by atoms with Crippen LogP contribution < -0.4 is 11.2 Å². The Balaban J connectivity index is 1.62. The zero-order valence-electron chi connectivity index (χ0n) is 16.3. The molecule has 156 valence electrons. The maximum absolute atomic E-state index is 13.4. The molecule has 0 amide bonds. The van der Waals surface area contributed by atoms with E-state index < -0.39 is 11.2 Å². The Kier molecular flexibility index (Phi) is 6.23. The Morgan fingerprint density at radius 3 is 2.52 bits per heavy atom. The first-order valence-corrected chi connectivity index (χ1v) is 10.4. The van der Waals surface area contributed by atoms with Gasteiger partial charge in [-0.05, 0) is 29.8 Å². The van der Waals surface area contributed by atoms with Crippen LogP contribution in [-0.4, -0.2) is 30.5 Å². The normalized spacial score (nSPS) is 11.3. The predicted molar refractivity (Wildman–Crippen MR) is 118 cm³/mol. The van der Waals surface area contributed by atoms with E-state index in [1.54, 1.807) is 16.7 Å². The van der Waals surface area contributed by atoms with Gasteiger partial charge in [0.25, 0.3) is 5.56 Å². The van der Waals surface area contributed by atoms with Crippen molar-refractivity contribution in [3.8, 4) is 5.69 Å². The van der Waals surface area contributed by atoms with Gasteiger partial charge in [-0.1, -0.05) is 54.2 Å². The molecule has 2 aromatic carbocycles. The van der Waals surface area contributed by atoms with Crippen molar-refractivity contribution in [2.75, 3.05) is 5.75 Å². The van der Waals surface area contributed by atoms with Crippen molar-refractivity contribution < 1.29 is 4.39 Å². The molecule has 0 radical (unpaired) electrons. The second-order valence-corrected chi connectivity index (χ2v) is 7.61. The molecule has 0 saturated heterocycles. The maximum atomic E-state index is 13.4. The van der Waals surface area contributed by atoms with E-state index in [0.717, 1.165) is 5.56 Å². The molecule has 2 aromatic heterocycles. The van der Waals surface area contributed by atoms with Crippen LogP contribution in [0.4, 0.5) is 4.39 Å². The first kappa shape index (κ1) is 20.5. The molecule has 0 atom stereocenters. The number of halogens is 1. The lowest BCUT2D eigenvalue weighted by molar-refractivity contribution is 0.627. The fourth-order valence-electron chi connectivity index (χ4n) is 3.01. The van der Waals surface area contributed by atoms with Crippen LogP contribution in [0.15, 0.2) is 81.5 Å². The lowest BCUT2D eigenvalue weighted by Gasteiger charge is -2.10. The molecule has 9 heteroatoms. The molecule has 2 N–H and O–H groups in total. The second kappa shape index (κ2) is 9.40. The lowest BCUT2D eigenvalue weighted by atomic mass is 10.2. The van der Waals surface area contributed by atoms with Crippen LogP contribution in [0.25, 0.3) is 11.8 Å². The number of aromatic nitrogens is 5. The predicted octanol–water partition coefficient (Wildman–Crippen LogP) is 3.18. The van der Waals surface area contributed by atoms with Gasteiger partial charge in [-0.15, -0.1) is 10.2 Å². The Hall–Kier alpha value is -3.72. The van der Waals surface area contributed by atoms with Gasteiger partial charge in [0.2, 0.25) is 0 Å². The summed E-state index contributed by atoms with van der Waals surface area (Å²) in [5.74, 6) is 0.815. The summed E-state index contributed by atoms with van der Waals surface area (Å²) in [5.41, 5.74) is 1.11. The van der Waals surface area contributed by atoms with Gasteiger partial charge in [-0.25, -0.2) is 9.18 Å². The van der Waals surface area contributed by atoms with Crippen molar-refractivity contribution in [3.05, 3.63) is 110 Å². The fourth-order valence-corrected chi connectivity index (χ4v) is 3.79. The summed E-state index contributed by atoms with van der Waals surface area (Å²) in [6, 6.07) is 17.2. The highest BCUT2D eigenvalue weighted by Crippen LogP contribution is 2.23. The number of aromatic amines is 2. The van der Waals surface area contributed by atoms with E-state index in [2.05, 4.69) is 20.2 Å². The topological polar surface area (TPSA) is 96.4 Å². The Bertz CT molecular complexity index is 1280. The summed E-state index contributed by atoms with van der Waals surface area (Å²) in [5, 5.41) is 9.13. The van der Waals surface area contributed by atoms with E-state index in [1.807, 2.05) is 42.5 Å². The number of benzene rings is 2. The van der Waals surface area contributed by atoms with Gasteiger partial charge in [0, 0.05) is 29.6 Å². The number of H-pyrrole nitrogens is 2. The van der Waals surface area contributed by atoms with Crippen LogP contribution in [0.3, 0.4) is 0 Å². The number of thioether (sulfide) groups is 1. The molecule has 0 aliphatic carbocycles. The third-order valence-corrected chi connectivity index (χ3v) is 5.25. The molecule has 4 aromatic rings. The number of hydrogen-bond donors (Lipinski definition) is 2. The standard InChI is InChI=1S/C22H18FN5O2S/c23-16-8-10-18(11-9-16)28-19(13-17-14-20(29)25-21(30)24-17)26-27-22(28)31-12-4-7-15-5-2-1-3-6-15/h1-11,14H,12-13H2,(H2,24,25,29,30). The average molecular weight is 435 g/mol. The highest BCUT2D eigenvalue weighted by molar-refractivity contribution is 7.99. The average Bonchev–Trinajstić information content (AvgIpc) is 3.14. The Morgan fingerprint density at radius 2 is 1.77 bits per heavy atom. The quantitative estimate of drug-likeness (QED) is 0.435. The molecule has 7 nitrogen and oxygen atoms in total. The minimum absolute atomic E-state index is 0.184. The summed E-state index contributed by atoms with van der Waals surface area (Å²) in [6.07, 6.45) is 4.23. The van der Waals surface area contributed by atoms with Crippen LogP contribution in [0.5, 0.6) is 0 Å². The van der Waals surface area contributed by atoms with Gasteiger partial charge in [0.15, 0.2) is 5.16 Å². The molecule has 0 saturated carbocycles. The zero-order valence-corrected chi connectivity index (χ0v) is 17.1. The van der Waals surface area contributed by atoms with Gasteiger partial charge in [0.1, 0.15) is 11.6 Å². The molecule has 4 rings (SSSR count). The highest BCUT2D eigenvalue weighted by Gasteiger charge is 2.15. The summed E-state index contributed by atoms with van der Waals surface area (Å²) in [7, 11) is 0. The minimum Gasteiger partial charge on any atom is -0.311 e. The number of nitrogens with zero attached hydrogens (tertiary/aromatic N) is 3. The zero-order chi connectivity index (χ0) is 21.6. The van der Waals surface area contributed by atoms with Crippen LogP contribution in [-0.2, 0) is 6.42 Å². The van der Waals surface area contributed by atoms with E-state index in [4.69, 9.17) is 0 Å². The van der Waals surface area contributed by atoms with Crippen molar-refractivity contribution in [2.45, 2.75) is 11.6 Å². The monoisotopic (exact) mass is 435 g/mol. The van der Waals surface area contributed by atoms with E-state index in [9.17, 15) is 14.0 Å². The van der Waals surface area contributed by atoms with Crippen molar-refractivity contribution in [3.63, 3.8) is 0 Å². The molecule has 0 bridgehead atoms. The smallest absolute Gasteiger partial charge is 0.311 e. The van der Waals surface area contributed by atoms with Gasteiger partial charge in [-0.3, -0.25) is 14.3 Å². The van der Waals surface area contributed by atoms with Crippen molar-refractivity contribution in [2.24, 2.45) is 0 Å². The van der Waals surface area contributed by atoms with E-state index in [1.165, 1.54) is 30.0 Å². The molecule has 0 spiro atoms. The van der Waals surface area contributed by atoms with Crippen molar-refractivity contribution >= 4 is 17.8 Å². The lowest BCUT2D eigenvalue weighted by Crippen LogP contribution is -2.23. The number of hydrogen-bond acceptors (Lipinski definition) is 5. The molecular formula is C22H18FN5O2S. The number of rotatable bonds is 7. The van der Waals surface area contributed by atoms with Crippen LogP contribution in [0.1, 0.15) is 17.1 Å². The van der Waals surface area contributed by atoms with Gasteiger partial charge in [-0.2, -0.15) is 0 Å². The molecule has 0 aliphatic heterocycles. The summed E-state index contributed by atoms with van der Waals surface area (Å²) >= 11 is 1.47. The first-order valence-electron chi connectivity index (χ1n) is 9.45. The van der Waals surface area contributed by atoms with Crippen molar-refractivity contribution in [1.29, 1.82) is 0 Å². The van der Waals surface area contributed by atoms with Crippen molar-refractivity contribution in [1.82, 2.24) is 24.7 Å². The molecular weight excluding hydrogens is 417 g/mol.